The summed E-state index contributed by atoms with van der Waals surface area (Å²) in [7, 11) is 1.66. The molecular weight excluding hydrogens is 264 g/mol. The van der Waals surface area contributed by atoms with Crippen molar-refractivity contribution in [3.05, 3.63) is 59.7 Å². The molecule has 0 aliphatic rings. The van der Waals surface area contributed by atoms with E-state index >= 15 is 0 Å². The highest BCUT2D eigenvalue weighted by molar-refractivity contribution is 5.55. The Kier molecular flexibility index (Phi) is 5.27. The number of aromatic hydroxyl groups is 1. The third-order valence-corrected chi connectivity index (χ3v) is 3.11. The topological polar surface area (TPSA) is 38.7 Å². The van der Waals surface area contributed by atoms with E-state index < -0.39 is 0 Å². The van der Waals surface area contributed by atoms with Crippen molar-refractivity contribution in [2.45, 2.75) is 13.3 Å². The standard InChI is InChI=1S/C18H20O3/c1-3-21-18-13-15(9-12-17(18)19)6-4-5-14-7-10-16(20-2)11-8-14/h4,6-13,19H,3,5H2,1-2H3. The van der Waals surface area contributed by atoms with Crippen molar-refractivity contribution in [3.63, 3.8) is 0 Å². The van der Waals surface area contributed by atoms with Crippen LogP contribution in [-0.2, 0) is 6.42 Å². The molecule has 0 saturated heterocycles. The number of phenolic OH excluding ortho intramolecular Hbond substituents is 1. The highest BCUT2D eigenvalue weighted by Crippen LogP contribution is 2.27. The van der Waals surface area contributed by atoms with Crippen LogP contribution >= 0.6 is 0 Å². The number of benzene rings is 2. The molecule has 0 saturated carbocycles. The normalized spacial score (nSPS) is 10.8. The molecule has 0 spiro atoms. The Morgan fingerprint density at radius 3 is 2.52 bits per heavy atom. The summed E-state index contributed by atoms with van der Waals surface area (Å²) in [6, 6.07) is 13.4. The minimum absolute atomic E-state index is 0.171. The molecular formula is C18H20O3. The number of hydrogen-bond donors (Lipinski definition) is 1. The average molecular weight is 284 g/mol. The summed E-state index contributed by atoms with van der Waals surface area (Å²) in [4.78, 5) is 0. The van der Waals surface area contributed by atoms with Gasteiger partial charge in [0, 0.05) is 0 Å². The Morgan fingerprint density at radius 1 is 1.10 bits per heavy atom. The number of rotatable bonds is 6. The van der Waals surface area contributed by atoms with Crippen LogP contribution in [0.2, 0.25) is 0 Å². The van der Waals surface area contributed by atoms with E-state index in [-0.39, 0.29) is 5.75 Å². The summed E-state index contributed by atoms with van der Waals surface area (Å²) >= 11 is 0. The van der Waals surface area contributed by atoms with Crippen LogP contribution in [0.4, 0.5) is 0 Å². The van der Waals surface area contributed by atoms with Crippen molar-refractivity contribution in [2.24, 2.45) is 0 Å². The summed E-state index contributed by atoms with van der Waals surface area (Å²) in [5.41, 5.74) is 2.22. The van der Waals surface area contributed by atoms with Crippen LogP contribution < -0.4 is 9.47 Å². The highest BCUT2D eigenvalue weighted by atomic mass is 16.5. The van der Waals surface area contributed by atoms with Gasteiger partial charge in [0.25, 0.3) is 0 Å². The second-order valence-corrected chi connectivity index (χ2v) is 4.61. The Bertz CT molecular complexity index is 600. The SMILES string of the molecule is CCOc1cc(C=CCc2ccc(OC)cc2)ccc1O. The lowest BCUT2D eigenvalue weighted by molar-refractivity contribution is 0.318. The largest absolute Gasteiger partial charge is 0.504 e. The lowest BCUT2D eigenvalue weighted by Crippen LogP contribution is -1.92. The predicted molar refractivity (Wildman–Crippen MR) is 85.0 cm³/mol. The van der Waals surface area contributed by atoms with Gasteiger partial charge in [-0.25, -0.2) is 0 Å². The molecule has 2 aromatic carbocycles. The van der Waals surface area contributed by atoms with Gasteiger partial charge in [-0.15, -0.1) is 0 Å². The van der Waals surface area contributed by atoms with Crippen LogP contribution in [0, 0.1) is 0 Å². The second-order valence-electron chi connectivity index (χ2n) is 4.61. The Hall–Kier alpha value is -2.42. The van der Waals surface area contributed by atoms with Gasteiger partial charge in [0.05, 0.1) is 13.7 Å². The van der Waals surface area contributed by atoms with Gasteiger partial charge in [-0.05, 0) is 48.7 Å². The van der Waals surface area contributed by atoms with Crippen LogP contribution in [0.5, 0.6) is 17.2 Å². The maximum absolute atomic E-state index is 9.66. The van der Waals surface area contributed by atoms with E-state index in [1.165, 1.54) is 5.56 Å². The molecule has 0 atom stereocenters. The lowest BCUT2D eigenvalue weighted by atomic mass is 10.1. The lowest BCUT2D eigenvalue weighted by Gasteiger charge is -2.06. The van der Waals surface area contributed by atoms with Crippen molar-refractivity contribution in [1.82, 2.24) is 0 Å². The van der Waals surface area contributed by atoms with Crippen LogP contribution in [0.15, 0.2) is 48.5 Å². The molecule has 1 N–H and O–H groups in total. The second kappa shape index (κ2) is 7.39. The third-order valence-electron chi connectivity index (χ3n) is 3.11. The molecule has 3 nitrogen and oxygen atoms in total. The number of ether oxygens (including phenoxy) is 2. The number of phenols is 1. The molecule has 21 heavy (non-hydrogen) atoms. The fourth-order valence-electron chi connectivity index (χ4n) is 2.00. The molecule has 110 valence electrons. The maximum atomic E-state index is 9.66. The van der Waals surface area contributed by atoms with E-state index in [1.807, 2.05) is 49.4 Å². The minimum atomic E-state index is 0.171. The minimum Gasteiger partial charge on any atom is -0.504 e. The zero-order valence-electron chi connectivity index (χ0n) is 12.4. The third kappa shape index (κ3) is 4.28. The van der Waals surface area contributed by atoms with Gasteiger partial charge in [-0.2, -0.15) is 0 Å². The highest BCUT2D eigenvalue weighted by Gasteiger charge is 2.01. The van der Waals surface area contributed by atoms with Crippen molar-refractivity contribution >= 4 is 6.08 Å². The van der Waals surface area contributed by atoms with E-state index in [4.69, 9.17) is 9.47 Å². The average Bonchev–Trinajstić information content (AvgIpc) is 2.51. The molecule has 2 rings (SSSR count). The number of allylic oxidation sites excluding steroid dienone is 1. The molecule has 0 fully saturated rings. The quantitative estimate of drug-likeness (QED) is 0.869. The summed E-state index contributed by atoms with van der Waals surface area (Å²) in [5.74, 6) is 1.55. The molecule has 2 aromatic rings. The zero-order chi connectivity index (χ0) is 15.1. The number of methoxy groups -OCH3 is 1. The van der Waals surface area contributed by atoms with Gasteiger partial charge in [-0.3, -0.25) is 0 Å². The van der Waals surface area contributed by atoms with Gasteiger partial charge in [0.15, 0.2) is 11.5 Å². The smallest absolute Gasteiger partial charge is 0.161 e. The zero-order valence-corrected chi connectivity index (χ0v) is 12.4. The van der Waals surface area contributed by atoms with E-state index in [0.717, 1.165) is 17.7 Å². The van der Waals surface area contributed by atoms with Gasteiger partial charge in [-0.1, -0.05) is 30.4 Å². The van der Waals surface area contributed by atoms with E-state index in [2.05, 4.69) is 6.08 Å². The van der Waals surface area contributed by atoms with E-state index in [9.17, 15) is 5.11 Å². The van der Waals surface area contributed by atoms with Crippen molar-refractivity contribution < 1.29 is 14.6 Å². The van der Waals surface area contributed by atoms with Crippen molar-refractivity contribution in [3.8, 4) is 17.2 Å². The first kappa shape index (κ1) is 15.0. The molecule has 0 heterocycles. The van der Waals surface area contributed by atoms with Gasteiger partial charge in [0.1, 0.15) is 5.75 Å². The van der Waals surface area contributed by atoms with Crippen LogP contribution in [0.25, 0.3) is 6.08 Å². The number of hydrogen-bond acceptors (Lipinski definition) is 3. The molecule has 0 bridgehead atoms. The molecule has 0 radical (unpaired) electrons. The van der Waals surface area contributed by atoms with Crippen LogP contribution in [0.3, 0.4) is 0 Å². The molecule has 0 amide bonds. The Morgan fingerprint density at radius 2 is 1.86 bits per heavy atom. The van der Waals surface area contributed by atoms with E-state index in [1.54, 1.807) is 13.2 Å². The van der Waals surface area contributed by atoms with Gasteiger partial charge in [0.2, 0.25) is 0 Å². The summed E-state index contributed by atoms with van der Waals surface area (Å²) in [6.07, 6.45) is 4.95. The monoisotopic (exact) mass is 284 g/mol. The first-order chi connectivity index (χ1) is 10.2. The predicted octanol–water partition coefficient (Wildman–Crippen LogP) is 4.06. The first-order valence-electron chi connectivity index (χ1n) is 6.98. The van der Waals surface area contributed by atoms with Gasteiger partial charge < -0.3 is 14.6 Å². The Balaban J connectivity index is 2.01. The molecule has 0 aliphatic carbocycles. The van der Waals surface area contributed by atoms with Crippen LogP contribution in [-0.4, -0.2) is 18.8 Å². The molecule has 0 unspecified atom stereocenters. The van der Waals surface area contributed by atoms with Gasteiger partial charge >= 0.3 is 0 Å². The molecule has 0 aromatic heterocycles. The van der Waals surface area contributed by atoms with Crippen molar-refractivity contribution in [2.75, 3.05) is 13.7 Å². The Labute approximate surface area is 125 Å². The maximum Gasteiger partial charge on any atom is 0.161 e. The summed E-state index contributed by atoms with van der Waals surface area (Å²) in [6.45, 7) is 2.43. The van der Waals surface area contributed by atoms with E-state index in [0.29, 0.717) is 12.4 Å². The fourth-order valence-corrected chi connectivity index (χ4v) is 2.00. The molecule has 0 aliphatic heterocycles. The summed E-state index contributed by atoms with van der Waals surface area (Å²) in [5, 5.41) is 9.66. The summed E-state index contributed by atoms with van der Waals surface area (Å²) < 4.78 is 10.5. The van der Waals surface area contributed by atoms with Crippen LogP contribution in [0.1, 0.15) is 18.1 Å². The molecule has 3 heteroatoms. The first-order valence-corrected chi connectivity index (χ1v) is 6.98. The fraction of sp³-hybridized carbons (Fsp3) is 0.222. The van der Waals surface area contributed by atoms with Crippen molar-refractivity contribution in [1.29, 1.82) is 0 Å².